The number of nitrogens with one attached hydrogen (secondary N) is 1. The Kier molecular flexibility index (Phi) is 6.40. The van der Waals surface area contributed by atoms with E-state index in [4.69, 9.17) is 9.15 Å². The van der Waals surface area contributed by atoms with Crippen LogP contribution in [0.2, 0.25) is 0 Å². The fourth-order valence-electron chi connectivity index (χ4n) is 3.52. The van der Waals surface area contributed by atoms with E-state index in [9.17, 15) is 14.4 Å². The number of hydrogen-bond donors (Lipinski definition) is 1. The molecule has 0 spiro atoms. The SMILES string of the molecule is Cc1cc(C)c(NC(=O)C(C)OC(=O)CCCn2c(=O)oc3ccccc32)c(C)c1. The summed E-state index contributed by atoms with van der Waals surface area (Å²) in [6, 6.07) is 11.1. The second-order valence-electron chi connectivity index (χ2n) is 7.49. The van der Waals surface area contributed by atoms with E-state index in [0.717, 1.165) is 22.4 Å². The number of fused-ring (bicyclic) bond motifs is 1. The van der Waals surface area contributed by atoms with E-state index < -0.39 is 17.8 Å². The molecule has 0 aliphatic rings. The number of hydrogen-bond acceptors (Lipinski definition) is 5. The van der Waals surface area contributed by atoms with Crippen molar-refractivity contribution in [2.75, 3.05) is 5.32 Å². The molecule has 3 rings (SSSR count). The summed E-state index contributed by atoms with van der Waals surface area (Å²) in [6.45, 7) is 7.71. The van der Waals surface area contributed by atoms with E-state index in [2.05, 4.69) is 5.32 Å². The molecule has 1 amide bonds. The number of anilines is 1. The van der Waals surface area contributed by atoms with Gasteiger partial charge in [0.1, 0.15) is 0 Å². The Hall–Kier alpha value is -3.35. The van der Waals surface area contributed by atoms with E-state index in [1.165, 1.54) is 4.57 Å². The number of carbonyl (C=O) groups is 2. The zero-order valence-corrected chi connectivity index (χ0v) is 17.7. The molecule has 1 unspecified atom stereocenters. The van der Waals surface area contributed by atoms with E-state index >= 15 is 0 Å². The van der Waals surface area contributed by atoms with Crippen LogP contribution in [-0.2, 0) is 20.9 Å². The highest BCUT2D eigenvalue weighted by molar-refractivity contribution is 5.96. The predicted molar refractivity (Wildman–Crippen MR) is 115 cm³/mol. The molecule has 1 heterocycles. The number of rotatable bonds is 7. The van der Waals surface area contributed by atoms with Crippen LogP contribution in [0.4, 0.5) is 5.69 Å². The highest BCUT2D eigenvalue weighted by Crippen LogP contribution is 2.22. The summed E-state index contributed by atoms with van der Waals surface area (Å²) in [7, 11) is 0. The summed E-state index contributed by atoms with van der Waals surface area (Å²) in [5.41, 5.74) is 4.96. The van der Waals surface area contributed by atoms with E-state index in [0.29, 0.717) is 24.1 Å². The highest BCUT2D eigenvalue weighted by atomic mass is 16.5. The molecule has 0 aliphatic heterocycles. The van der Waals surface area contributed by atoms with E-state index in [1.54, 1.807) is 25.1 Å². The third-order valence-corrected chi connectivity index (χ3v) is 4.94. The number of ether oxygens (including phenoxy) is 1. The van der Waals surface area contributed by atoms with Crippen molar-refractivity contribution < 1.29 is 18.7 Å². The van der Waals surface area contributed by atoms with Gasteiger partial charge in [-0.3, -0.25) is 14.2 Å². The van der Waals surface area contributed by atoms with Crippen LogP contribution in [0.15, 0.2) is 45.6 Å². The summed E-state index contributed by atoms with van der Waals surface area (Å²) in [6.07, 6.45) is -0.436. The van der Waals surface area contributed by atoms with Crippen molar-refractivity contribution in [3.63, 3.8) is 0 Å². The quantitative estimate of drug-likeness (QED) is 0.597. The van der Waals surface area contributed by atoms with Crippen molar-refractivity contribution in [3.8, 4) is 0 Å². The summed E-state index contributed by atoms with van der Waals surface area (Å²) in [4.78, 5) is 36.6. The van der Waals surface area contributed by atoms with Gasteiger partial charge in [0, 0.05) is 18.7 Å². The normalized spacial score (nSPS) is 12.0. The van der Waals surface area contributed by atoms with Gasteiger partial charge in [-0.15, -0.1) is 0 Å². The highest BCUT2D eigenvalue weighted by Gasteiger charge is 2.19. The van der Waals surface area contributed by atoms with Gasteiger partial charge >= 0.3 is 11.7 Å². The molecule has 0 saturated heterocycles. The molecule has 1 atom stereocenters. The van der Waals surface area contributed by atoms with Crippen LogP contribution < -0.4 is 11.1 Å². The largest absolute Gasteiger partial charge is 0.453 e. The van der Waals surface area contributed by atoms with Crippen LogP contribution in [-0.4, -0.2) is 22.5 Å². The minimum absolute atomic E-state index is 0.0894. The lowest BCUT2D eigenvalue weighted by atomic mass is 10.0. The van der Waals surface area contributed by atoms with Crippen LogP contribution in [0.25, 0.3) is 11.1 Å². The molecule has 3 aromatic rings. The standard InChI is InChI=1S/C23H26N2O5/c1-14-12-15(2)21(16(3)13-14)24-22(27)17(4)29-20(26)10-7-11-25-18-8-5-6-9-19(18)30-23(25)28/h5-6,8-9,12-13,17H,7,10-11H2,1-4H3,(H,24,27). The smallest absolute Gasteiger partial charge is 0.419 e. The van der Waals surface area contributed by atoms with Crippen molar-refractivity contribution in [1.82, 2.24) is 4.57 Å². The maximum absolute atomic E-state index is 12.4. The molecular formula is C23H26N2O5. The molecule has 2 aromatic carbocycles. The summed E-state index contributed by atoms with van der Waals surface area (Å²) < 4.78 is 11.9. The van der Waals surface area contributed by atoms with Crippen LogP contribution in [0.3, 0.4) is 0 Å². The molecule has 158 valence electrons. The third kappa shape index (κ3) is 4.79. The predicted octanol–water partition coefficient (Wildman–Crippen LogP) is 3.87. The zero-order valence-electron chi connectivity index (χ0n) is 17.7. The number of aryl methyl sites for hydroxylation is 4. The first-order chi connectivity index (χ1) is 14.3. The van der Waals surface area contributed by atoms with Crippen LogP contribution in [0.5, 0.6) is 0 Å². The fraction of sp³-hybridized carbons (Fsp3) is 0.348. The molecule has 0 aliphatic carbocycles. The van der Waals surface area contributed by atoms with E-state index in [-0.39, 0.29) is 12.3 Å². The molecule has 7 heteroatoms. The Morgan fingerprint density at radius 2 is 1.80 bits per heavy atom. The van der Waals surface area contributed by atoms with E-state index in [1.807, 2.05) is 39.0 Å². The first-order valence-electron chi connectivity index (χ1n) is 9.93. The zero-order chi connectivity index (χ0) is 21.8. The second kappa shape index (κ2) is 8.98. The summed E-state index contributed by atoms with van der Waals surface area (Å²) >= 11 is 0. The van der Waals surface area contributed by atoms with Crippen molar-refractivity contribution in [2.24, 2.45) is 0 Å². The second-order valence-corrected chi connectivity index (χ2v) is 7.49. The Bertz CT molecular complexity index is 1120. The van der Waals surface area contributed by atoms with Crippen molar-refractivity contribution >= 4 is 28.7 Å². The molecule has 0 bridgehead atoms. The third-order valence-electron chi connectivity index (χ3n) is 4.94. The number of amides is 1. The average molecular weight is 410 g/mol. The number of benzene rings is 2. The number of nitrogens with zero attached hydrogens (tertiary/aromatic N) is 1. The van der Waals surface area contributed by atoms with Gasteiger partial charge < -0.3 is 14.5 Å². The average Bonchev–Trinajstić information content (AvgIpc) is 2.99. The molecule has 7 nitrogen and oxygen atoms in total. The van der Waals surface area contributed by atoms with Crippen LogP contribution in [0, 0.1) is 20.8 Å². The van der Waals surface area contributed by atoms with Crippen molar-refractivity contribution in [1.29, 1.82) is 0 Å². The Morgan fingerprint density at radius 1 is 1.13 bits per heavy atom. The minimum atomic E-state index is -0.921. The van der Waals surface area contributed by atoms with Crippen LogP contribution >= 0.6 is 0 Å². The number of oxazole rings is 1. The lowest BCUT2D eigenvalue weighted by Gasteiger charge is -2.17. The topological polar surface area (TPSA) is 90.5 Å². The van der Waals surface area contributed by atoms with Gasteiger partial charge in [-0.05, 0) is 57.4 Å². The van der Waals surface area contributed by atoms with Gasteiger partial charge in [0.05, 0.1) is 5.52 Å². The summed E-state index contributed by atoms with van der Waals surface area (Å²) in [5, 5.41) is 2.84. The van der Waals surface area contributed by atoms with Crippen molar-refractivity contribution in [3.05, 3.63) is 63.6 Å². The molecule has 0 radical (unpaired) electrons. The van der Waals surface area contributed by atoms with Gasteiger partial charge in [-0.1, -0.05) is 29.8 Å². The Morgan fingerprint density at radius 3 is 2.50 bits per heavy atom. The lowest BCUT2D eigenvalue weighted by Crippen LogP contribution is -2.30. The lowest BCUT2D eigenvalue weighted by molar-refractivity contribution is -0.153. The number of esters is 1. The number of carbonyl (C=O) groups excluding carboxylic acids is 2. The molecule has 0 fully saturated rings. The first-order valence-corrected chi connectivity index (χ1v) is 9.93. The maximum Gasteiger partial charge on any atom is 0.419 e. The molecule has 0 saturated carbocycles. The van der Waals surface area contributed by atoms with Crippen molar-refractivity contribution in [2.45, 2.75) is 53.2 Å². The number of aromatic nitrogens is 1. The molecule has 30 heavy (non-hydrogen) atoms. The summed E-state index contributed by atoms with van der Waals surface area (Å²) in [5.74, 6) is -1.33. The fourth-order valence-corrected chi connectivity index (χ4v) is 3.52. The maximum atomic E-state index is 12.4. The van der Waals surface area contributed by atoms with Gasteiger partial charge in [0.15, 0.2) is 11.7 Å². The van der Waals surface area contributed by atoms with Gasteiger partial charge in [0.2, 0.25) is 0 Å². The number of para-hydroxylation sites is 2. The minimum Gasteiger partial charge on any atom is -0.453 e. The monoisotopic (exact) mass is 410 g/mol. The first kappa shape index (κ1) is 21.4. The molecular weight excluding hydrogens is 384 g/mol. The molecule has 1 aromatic heterocycles. The Balaban J connectivity index is 1.52. The van der Waals surface area contributed by atoms with Gasteiger partial charge in [0.25, 0.3) is 5.91 Å². The van der Waals surface area contributed by atoms with Gasteiger partial charge in [-0.2, -0.15) is 0 Å². The van der Waals surface area contributed by atoms with Crippen LogP contribution in [0.1, 0.15) is 36.5 Å². The Labute approximate surface area is 174 Å². The molecule has 1 N–H and O–H groups in total. The van der Waals surface area contributed by atoms with Gasteiger partial charge in [-0.25, -0.2) is 4.79 Å².